The number of aromatic nitrogens is 3. The molecule has 1 N–H and O–H groups in total. The molecular weight excluding hydrogens is 340 g/mol. The molecule has 4 aromatic rings. The number of nitrogens with one attached hydrogen (secondary N) is 1. The minimum absolute atomic E-state index is 0.210. The first-order valence-corrected chi connectivity index (χ1v) is 8.59. The number of nitrogens with zero attached hydrogens (tertiary/aromatic N) is 3. The van der Waals surface area contributed by atoms with E-state index in [2.05, 4.69) is 15.4 Å². The van der Waals surface area contributed by atoms with Crippen LogP contribution in [0.2, 0.25) is 0 Å². The van der Waals surface area contributed by atoms with Gasteiger partial charge in [-0.1, -0.05) is 12.1 Å². The summed E-state index contributed by atoms with van der Waals surface area (Å²) in [5, 5.41) is 7.53. The first kappa shape index (κ1) is 16.8. The van der Waals surface area contributed by atoms with Crippen molar-refractivity contribution in [2.75, 3.05) is 0 Å². The number of furan rings is 1. The number of hydrogen-bond acceptors (Lipinski definition) is 4. The van der Waals surface area contributed by atoms with E-state index in [0.29, 0.717) is 23.7 Å². The largest absolute Gasteiger partial charge is 0.463 e. The molecule has 3 aromatic heterocycles. The van der Waals surface area contributed by atoms with E-state index in [1.807, 2.05) is 49.4 Å². The van der Waals surface area contributed by atoms with Gasteiger partial charge in [-0.3, -0.25) is 9.78 Å². The fourth-order valence-corrected chi connectivity index (χ4v) is 2.82. The van der Waals surface area contributed by atoms with E-state index in [-0.39, 0.29) is 5.91 Å². The molecule has 0 saturated carbocycles. The zero-order chi connectivity index (χ0) is 18.6. The average Bonchev–Trinajstić information content (AvgIpc) is 3.36. The van der Waals surface area contributed by atoms with Gasteiger partial charge in [0.05, 0.1) is 12.0 Å². The van der Waals surface area contributed by atoms with E-state index in [1.54, 1.807) is 35.5 Å². The van der Waals surface area contributed by atoms with Crippen molar-refractivity contribution in [3.05, 3.63) is 90.1 Å². The highest BCUT2D eigenvalue weighted by Crippen LogP contribution is 2.22. The molecule has 27 heavy (non-hydrogen) atoms. The maximum atomic E-state index is 12.9. The van der Waals surface area contributed by atoms with Gasteiger partial charge < -0.3 is 9.73 Å². The summed E-state index contributed by atoms with van der Waals surface area (Å²) in [6, 6.07) is 16.9. The van der Waals surface area contributed by atoms with E-state index in [1.165, 1.54) is 0 Å². The Morgan fingerprint density at radius 3 is 2.70 bits per heavy atom. The summed E-state index contributed by atoms with van der Waals surface area (Å²) in [5.41, 5.74) is 3.94. The number of carbonyl (C=O) groups excluding carboxylic acids is 1. The minimum Gasteiger partial charge on any atom is -0.463 e. The van der Waals surface area contributed by atoms with Crippen LogP contribution in [0.5, 0.6) is 0 Å². The average molecular weight is 358 g/mol. The maximum Gasteiger partial charge on any atom is 0.270 e. The molecule has 0 aliphatic rings. The third kappa shape index (κ3) is 3.64. The van der Waals surface area contributed by atoms with Crippen LogP contribution >= 0.6 is 0 Å². The summed E-state index contributed by atoms with van der Waals surface area (Å²) in [7, 11) is 0. The van der Waals surface area contributed by atoms with Crippen molar-refractivity contribution in [3.8, 4) is 17.1 Å². The zero-order valence-electron chi connectivity index (χ0n) is 14.8. The van der Waals surface area contributed by atoms with E-state index >= 15 is 0 Å². The molecule has 6 nitrogen and oxygen atoms in total. The van der Waals surface area contributed by atoms with E-state index in [4.69, 9.17) is 4.42 Å². The lowest BCUT2D eigenvalue weighted by Gasteiger charge is -2.09. The summed E-state index contributed by atoms with van der Waals surface area (Å²) in [6.45, 7) is 2.42. The Hall–Kier alpha value is -3.67. The molecule has 0 radical (unpaired) electrons. The molecule has 0 fully saturated rings. The molecule has 3 heterocycles. The van der Waals surface area contributed by atoms with Crippen molar-refractivity contribution in [1.82, 2.24) is 20.1 Å². The lowest BCUT2D eigenvalue weighted by Crippen LogP contribution is -2.25. The number of pyridine rings is 1. The molecule has 0 spiro atoms. The van der Waals surface area contributed by atoms with Crippen LogP contribution in [-0.4, -0.2) is 20.7 Å². The standard InChI is InChI=1S/C21H18N4O2/c1-15-4-2-5-17(12-15)25-19(13-18(24-25)20-6-3-11-27-20)21(26)23-14-16-7-9-22-10-8-16/h2-13H,14H2,1H3,(H,23,26). The van der Waals surface area contributed by atoms with Crippen molar-refractivity contribution < 1.29 is 9.21 Å². The fourth-order valence-electron chi connectivity index (χ4n) is 2.82. The SMILES string of the molecule is Cc1cccc(-n2nc(-c3ccco3)cc2C(=O)NCc2ccncc2)c1. The van der Waals surface area contributed by atoms with Gasteiger partial charge in [0.2, 0.25) is 0 Å². The minimum atomic E-state index is -0.210. The van der Waals surface area contributed by atoms with Gasteiger partial charge in [-0.05, 0) is 54.4 Å². The van der Waals surface area contributed by atoms with Gasteiger partial charge in [0.1, 0.15) is 11.4 Å². The van der Waals surface area contributed by atoms with Crippen molar-refractivity contribution in [2.45, 2.75) is 13.5 Å². The molecule has 0 atom stereocenters. The number of benzene rings is 1. The summed E-state index contributed by atoms with van der Waals surface area (Å²) in [5.74, 6) is 0.406. The van der Waals surface area contributed by atoms with Crippen molar-refractivity contribution in [3.63, 3.8) is 0 Å². The predicted octanol–water partition coefficient (Wildman–Crippen LogP) is 3.77. The summed E-state index contributed by atoms with van der Waals surface area (Å²) < 4.78 is 7.09. The summed E-state index contributed by atoms with van der Waals surface area (Å²) in [4.78, 5) is 16.8. The van der Waals surface area contributed by atoms with E-state index in [0.717, 1.165) is 16.8 Å². The number of hydrogen-bond donors (Lipinski definition) is 1. The van der Waals surface area contributed by atoms with Crippen LogP contribution in [-0.2, 0) is 6.54 Å². The molecule has 6 heteroatoms. The Balaban J connectivity index is 1.68. The van der Waals surface area contributed by atoms with Crippen LogP contribution in [0, 0.1) is 6.92 Å². The lowest BCUT2D eigenvalue weighted by molar-refractivity contribution is 0.0943. The molecule has 0 unspecified atom stereocenters. The quantitative estimate of drug-likeness (QED) is 0.589. The number of amides is 1. The van der Waals surface area contributed by atoms with Gasteiger partial charge in [-0.15, -0.1) is 0 Å². The van der Waals surface area contributed by atoms with E-state index in [9.17, 15) is 4.79 Å². The second kappa shape index (κ2) is 7.29. The monoisotopic (exact) mass is 358 g/mol. The highest BCUT2D eigenvalue weighted by atomic mass is 16.3. The molecule has 0 bridgehead atoms. The molecular formula is C21H18N4O2. The molecule has 4 rings (SSSR count). The molecule has 1 amide bonds. The first-order valence-electron chi connectivity index (χ1n) is 8.59. The molecule has 1 aromatic carbocycles. The highest BCUT2D eigenvalue weighted by Gasteiger charge is 2.18. The van der Waals surface area contributed by atoms with Crippen LogP contribution in [0.3, 0.4) is 0 Å². The van der Waals surface area contributed by atoms with Crippen LogP contribution in [0.4, 0.5) is 0 Å². The van der Waals surface area contributed by atoms with Crippen LogP contribution in [0.15, 0.2) is 77.7 Å². The van der Waals surface area contributed by atoms with Gasteiger partial charge in [0.15, 0.2) is 5.76 Å². The third-order valence-electron chi connectivity index (χ3n) is 4.16. The van der Waals surface area contributed by atoms with Crippen molar-refractivity contribution in [1.29, 1.82) is 0 Å². The Bertz CT molecular complexity index is 1050. The smallest absolute Gasteiger partial charge is 0.270 e. The molecule has 0 saturated heterocycles. The second-order valence-electron chi connectivity index (χ2n) is 6.18. The predicted molar refractivity (Wildman–Crippen MR) is 101 cm³/mol. The normalized spacial score (nSPS) is 10.7. The van der Waals surface area contributed by atoms with E-state index < -0.39 is 0 Å². The first-order chi connectivity index (χ1) is 13.2. The molecule has 0 aliphatic carbocycles. The van der Waals surface area contributed by atoms with Gasteiger partial charge in [0.25, 0.3) is 5.91 Å². The fraction of sp³-hybridized carbons (Fsp3) is 0.0952. The topological polar surface area (TPSA) is 73.0 Å². The zero-order valence-corrected chi connectivity index (χ0v) is 14.8. The lowest BCUT2D eigenvalue weighted by atomic mass is 10.2. The number of carbonyl (C=O) groups is 1. The number of rotatable bonds is 5. The third-order valence-corrected chi connectivity index (χ3v) is 4.16. The Labute approximate surface area is 156 Å². The van der Waals surface area contributed by atoms with Crippen LogP contribution in [0.25, 0.3) is 17.1 Å². The van der Waals surface area contributed by atoms with Crippen molar-refractivity contribution >= 4 is 5.91 Å². The Morgan fingerprint density at radius 2 is 1.96 bits per heavy atom. The second-order valence-corrected chi connectivity index (χ2v) is 6.18. The van der Waals surface area contributed by atoms with Gasteiger partial charge in [-0.2, -0.15) is 5.10 Å². The van der Waals surface area contributed by atoms with Gasteiger partial charge in [-0.25, -0.2) is 4.68 Å². The Kier molecular flexibility index (Phi) is 4.53. The highest BCUT2D eigenvalue weighted by molar-refractivity contribution is 5.94. The van der Waals surface area contributed by atoms with Gasteiger partial charge in [0, 0.05) is 25.0 Å². The summed E-state index contributed by atoms with van der Waals surface area (Å²) >= 11 is 0. The molecule has 134 valence electrons. The van der Waals surface area contributed by atoms with Crippen LogP contribution in [0.1, 0.15) is 21.6 Å². The summed E-state index contributed by atoms with van der Waals surface area (Å²) in [6.07, 6.45) is 4.99. The molecule has 0 aliphatic heterocycles. The Morgan fingerprint density at radius 1 is 1.11 bits per heavy atom. The van der Waals surface area contributed by atoms with Crippen LogP contribution < -0.4 is 5.32 Å². The van der Waals surface area contributed by atoms with Gasteiger partial charge >= 0.3 is 0 Å². The van der Waals surface area contributed by atoms with Crippen molar-refractivity contribution in [2.24, 2.45) is 0 Å². The number of aryl methyl sites for hydroxylation is 1. The maximum absolute atomic E-state index is 12.9.